The minimum Gasteiger partial charge on any atom is -0.330 e. The van der Waals surface area contributed by atoms with Crippen LogP contribution in [0.15, 0.2) is 18.2 Å². The second-order valence-corrected chi connectivity index (χ2v) is 4.12. The molecule has 0 radical (unpaired) electrons. The second-order valence-electron chi connectivity index (χ2n) is 4.12. The molecule has 0 aromatic heterocycles. The van der Waals surface area contributed by atoms with Crippen molar-refractivity contribution in [2.24, 2.45) is 0 Å². The third-order valence-electron chi connectivity index (χ3n) is 2.91. The Morgan fingerprint density at radius 1 is 1.28 bits per heavy atom. The number of benzene rings is 1. The van der Waals surface area contributed by atoms with Crippen molar-refractivity contribution in [2.45, 2.75) is 19.1 Å². The van der Waals surface area contributed by atoms with Crippen molar-refractivity contribution in [3.8, 4) is 0 Å². The lowest BCUT2D eigenvalue weighted by Gasteiger charge is -2.29. The fraction of sp³-hybridized carbons (Fsp3) is 0.333. The zero-order valence-electron chi connectivity index (χ0n) is 9.33. The summed E-state index contributed by atoms with van der Waals surface area (Å²) >= 11 is 0. The highest BCUT2D eigenvalue weighted by atomic mass is 19.4. The van der Waals surface area contributed by atoms with Crippen LogP contribution < -0.4 is 0 Å². The third kappa shape index (κ3) is 2.37. The van der Waals surface area contributed by atoms with Gasteiger partial charge in [0, 0.05) is 18.7 Å². The quantitative estimate of drug-likeness (QED) is 0.721. The van der Waals surface area contributed by atoms with E-state index in [4.69, 9.17) is 0 Å². The van der Waals surface area contributed by atoms with Crippen LogP contribution in [0.1, 0.15) is 21.5 Å². The monoisotopic (exact) mass is 257 g/mol. The van der Waals surface area contributed by atoms with E-state index >= 15 is 0 Å². The lowest BCUT2D eigenvalue weighted by Crippen LogP contribution is -2.43. The number of alkyl halides is 3. The molecule has 0 aliphatic carbocycles. The Morgan fingerprint density at radius 3 is 2.61 bits per heavy atom. The van der Waals surface area contributed by atoms with Gasteiger partial charge in [-0.05, 0) is 23.6 Å². The summed E-state index contributed by atoms with van der Waals surface area (Å²) in [6.07, 6.45) is -3.85. The Kier molecular flexibility index (Phi) is 3.11. The van der Waals surface area contributed by atoms with Crippen molar-refractivity contribution in [2.75, 3.05) is 6.54 Å². The van der Waals surface area contributed by atoms with Crippen LogP contribution in [-0.2, 0) is 17.8 Å². The maximum absolute atomic E-state index is 12.3. The fourth-order valence-corrected chi connectivity index (χ4v) is 2.00. The average molecular weight is 257 g/mol. The molecule has 1 aliphatic heterocycles. The van der Waals surface area contributed by atoms with Gasteiger partial charge in [0.25, 0.3) is 0 Å². The summed E-state index contributed by atoms with van der Waals surface area (Å²) in [7, 11) is 0. The van der Waals surface area contributed by atoms with Gasteiger partial charge in [-0.2, -0.15) is 13.2 Å². The molecule has 0 spiro atoms. The fourth-order valence-electron chi connectivity index (χ4n) is 2.00. The highest BCUT2D eigenvalue weighted by molar-refractivity contribution is 5.82. The van der Waals surface area contributed by atoms with Gasteiger partial charge in [0.1, 0.15) is 6.29 Å². The van der Waals surface area contributed by atoms with Crippen LogP contribution in [-0.4, -0.2) is 29.8 Å². The number of halogens is 3. The minimum absolute atomic E-state index is 0.0474. The highest BCUT2D eigenvalue weighted by Crippen LogP contribution is 2.25. The van der Waals surface area contributed by atoms with Gasteiger partial charge in [0.2, 0.25) is 0 Å². The molecule has 18 heavy (non-hydrogen) atoms. The van der Waals surface area contributed by atoms with E-state index in [1.807, 2.05) is 0 Å². The zero-order chi connectivity index (χ0) is 13.3. The molecule has 0 bridgehead atoms. The molecule has 1 aromatic rings. The molecule has 0 unspecified atom stereocenters. The average Bonchev–Trinajstić information content (AvgIpc) is 2.35. The number of rotatable bonds is 1. The predicted molar refractivity (Wildman–Crippen MR) is 57.0 cm³/mol. The van der Waals surface area contributed by atoms with Gasteiger partial charge in [-0.1, -0.05) is 12.1 Å². The summed E-state index contributed by atoms with van der Waals surface area (Å²) < 4.78 is 36.9. The summed E-state index contributed by atoms with van der Waals surface area (Å²) in [5, 5.41) is 0. The van der Waals surface area contributed by atoms with Crippen LogP contribution >= 0.6 is 0 Å². The number of aldehydes is 1. The lowest BCUT2D eigenvalue weighted by molar-refractivity contribution is -0.186. The first-order chi connectivity index (χ1) is 8.41. The van der Waals surface area contributed by atoms with E-state index in [1.54, 1.807) is 12.1 Å². The van der Waals surface area contributed by atoms with Gasteiger partial charge < -0.3 is 4.90 Å². The molecule has 1 amide bonds. The van der Waals surface area contributed by atoms with E-state index in [-0.39, 0.29) is 13.1 Å². The smallest absolute Gasteiger partial charge is 0.330 e. The molecule has 0 N–H and O–H groups in total. The molecule has 6 heteroatoms. The van der Waals surface area contributed by atoms with Gasteiger partial charge in [0.05, 0.1) is 0 Å². The molecule has 0 fully saturated rings. The van der Waals surface area contributed by atoms with E-state index < -0.39 is 12.1 Å². The Labute approximate surface area is 101 Å². The SMILES string of the molecule is O=Cc1ccc2c(c1)CN(C(=O)C(F)(F)F)CC2. The zero-order valence-corrected chi connectivity index (χ0v) is 9.33. The van der Waals surface area contributed by atoms with E-state index in [9.17, 15) is 22.8 Å². The predicted octanol–water partition coefficient (Wildman–Crippen LogP) is 1.95. The molecule has 1 aliphatic rings. The number of hydrogen-bond acceptors (Lipinski definition) is 2. The molecule has 1 heterocycles. The minimum atomic E-state index is -4.85. The highest BCUT2D eigenvalue weighted by Gasteiger charge is 2.43. The molecule has 3 nitrogen and oxygen atoms in total. The van der Waals surface area contributed by atoms with Crippen LogP contribution in [0.25, 0.3) is 0 Å². The molecule has 0 atom stereocenters. The van der Waals surface area contributed by atoms with Crippen molar-refractivity contribution in [1.82, 2.24) is 4.90 Å². The van der Waals surface area contributed by atoms with Gasteiger partial charge >= 0.3 is 12.1 Å². The topological polar surface area (TPSA) is 37.4 Å². The third-order valence-corrected chi connectivity index (χ3v) is 2.91. The summed E-state index contributed by atoms with van der Waals surface area (Å²) in [5.74, 6) is -1.83. The van der Waals surface area contributed by atoms with Crippen LogP contribution in [0.4, 0.5) is 13.2 Å². The first kappa shape index (κ1) is 12.6. The molecular formula is C12H10F3NO2. The van der Waals surface area contributed by atoms with E-state index in [0.717, 1.165) is 10.5 Å². The van der Waals surface area contributed by atoms with Crippen molar-refractivity contribution < 1.29 is 22.8 Å². The van der Waals surface area contributed by atoms with Crippen LogP contribution in [0.3, 0.4) is 0 Å². The maximum atomic E-state index is 12.3. The molecular weight excluding hydrogens is 247 g/mol. The molecule has 0 saturated heterocycles. The van der Waals surface area contributed by atoms with Crippen LogP contribution in [0, 0.1) is 0 Å². The van der Waals surface area contributed by atoms with Crippen LogP contribution in [0.2, 0.25) is 0 Å². The van der Waals surface area contributed by atoms with Crippen molar-refractivity contribution in [3.05, 3.63) is 34.9 Å². The number of carbonyl (C=O) groups is 2. The Balaban J connectivity index is 2.23. The summed E-state index contributed by atoms with van der Waals surface area (Å²) in [6.45, 7) is -0.0544. The van der Waals surface area contributed by atoms with Crippen LogP contribution in [0.5, 0.6) is 0 Å². The maximum Gasteiger partial charge on any atom is 0.471 e. The van der Waals surface area contributed by atoms with Crippen molar-refractivity contribution in [3.63, 3.8) is 0 Å². The second kappa shape index (κ2) is 4.44. The summed E-state index contributed by atoms with van der Waals surface area (Å²) in [6, 6.07) is 4.86. The largest absolute Gasteiger partial charge is 0.471 e. The van der Waals surface area contributed by atoms with E-state index in [1.165, 1.54) is 6.07 Å². The lowest BCUT2D eigenvalue weighted by atomic mass is 9.97. The normalized spacial score (nSPS) is 15.2. The standard InChI is InChI=1S/C12H10F3NO2/c13-12(14,15)11(18)16-4-3-9-2-1-8(7-17)5-10(9)6-16/h1-2,5,7H,3-4,6H2. The van der Waals surface area contributed by atoms with Gasteiger partial charge in [-0.15, -0.1) is 0 Å². The van der Waals surface area contributed by atoms with E-state index in [2.05, 4.69) is 0 Å². The van der Waals surface area contributed by atoms with Gasteiger partial charge in [-0.25, -0.2) is 0 Å². The number of nitrogens with zero attached hydrogens (tertiary/aromatic N) is 1. The Morgan fingerprint density at radius 2 is 2.00 bits per heavy atom. The molecule has 2 rings (SSSR count). The summed E-state index contributed by atoms with van der Waals surface area (Å²) in [5.41, 5.74) is 1.88. The molecule has 0 saturated carbocycles. The number of carbonyl (C=O) groups excluding carboxylic acids is 2. The number of fused-ring (bicyclic) bond motifs is 1. The summed E-state index contributed by atoms with van der Waals surface area (Å²) in [4.78, 5) is 22.5. The van der Waals surface area contributed by atoms with Gasteiger partial charge in [-0.3, -0.25) is 9.59 Å². The number of hydrogen-bond donors (Lipinski definition) is 0. The first-order valence-electron chi connectivity index (χ1n) is 5.35. The van der Waals surface area contributed by atoms with Crippen molar-refractivity contribution in [1.29, 1.82) is 0 Å². The Bertz CT molecular complexity index is 497. The van der Waals surface area contributed by atoms with Crippen molar-refractivity contribution >= 4 is 12.2 Å². The Hall–Kier alpha value is -1.85. The first-order valence-corrected chi connectivity index (χ1v) is 5.35. The number of amides is 1. The van der Waals surface area contributed by atoms with E-state index in [0.29, 0.717) is 23.8 Å². The molecule has 96 valence electrons. The molecule has 1 aromatic carbocycles. The van der Waals surface area contributed by atoms with Gasteiger partial charge in [0.15, 0.2) is 0 Å².